The molecule has 1 rings (SSSR count). The van der Waals surface area contributed by atoms with Gasteiger partial charge in [0.1, 0.15) is 0 Å². The highest BCUT2D eigenvalue weighted by Gasteiger charge is 1.99. The Balaban J connectivity index is 2.47. The van der Waals surface area contributed by atoms with Gasteiger partial charge in [0, 0.05) is 6.42 Å². The third-order valence-corrected chi connectivity index (χ3v) is 2.20. The Bertz CT molecular complexity index is 293. The van der Waals surface area contributed by atoms with E-state index in [0.29, 0.717) is 12.8 Å². The van der Waals surface area contributed by atoms with Crippen LogP contribution in [0.4, 0.5) is 0 Å². The summed E-state index contributed by atoms with van der Waals surface area (Å²) >= 11 is 0. The average Bonchev–Trinajstić information content (AvgIpc) is 2.26. The van der Waals surface area contributed by atoms with Gasteiger partial charge >= 0.3 is 0 Å². The molecular formula is C11H15NO2. The summed E-state index contributed by atoms with van der Waals surface area (Å²) in [6.45, 7) is 2.11. The van der Waals surface area contributed by atoms with E-state index in [-0.39, 0.29) is 5.91 Å². The molecular weight excluding hydrogens is 178 g/mol. The molecule has 0 saturated carbocycles. The molecule has 1 aromatic carbocycles. The molecule has 3 heteroatoms. The van der Waals surface area contributed by atoms with Crippen molar-refractivity contribution in [1.82, 2.24) is 5.48 Å². The minimum Gasteiger partial charge on any atom is -0.289 e. The van der Waals surface area contributed by atoms with Crippen molar-refractivity contribution in [3.8, 4) is 0 Å². The molecule has 0 aliphatic rings. The van der Waals surface area contributed by atoms with E-state index in [1.54, 1.807) is 5.48 Å². The van der Waals surface area contributed by atoms with Gasteiger partial charge in [-0.1, -0.05) is 31.2 Å². The van der Waals surface area contributed by atoms with Crippen LogP contribution in [0.3, 0.4) is 0 Å². The molecule has 0 aliphatic heterocycles. The zero-order valence-electron chi connectivity index (χ0n) is 8.29. The lowest BCUT2D eigenvalue weighted by Crippen LogP contribution is -2.18. The maximum absolute atomic E-state index is 10.7. The van der Waals surface area contributed by atoms with E-state index in [0.717, 1.165) is 12.0 Å². The molecule has 0 unspecified atom stereocenters. The van der Waals surface area contributed by atoms with Gasteiger partial charge in [0.25, 0.3) is 0 Å². The van der Waals surface area contributed by atoms with Gasteiger partial charge in [0.2, 0.25) is 5.91 Å². The fourth-order valence-corrected chi connectivity index (χ4v) is 1.26. The summed E-state index contributed by atoms with van der Waals surface area (Å²) in [7, 11) is 0. The van der Waals surface area contributed by atoms with Gasteiger partial charge in [-0.05, 0) is 24.0 Å². The van der Waals surface area contributed by atoms with Crippen LogP contribution < -0.4 is 5.48 Å². The monoisotopic (exact) mass is 193 g/mol. The van der Waals surface area contributed by atoms with E-state index in [1.807, 2.05) is 12.1 Å². The fraction of sp³-hybridized carbons (Fsp3) is 0.364. The Labute approximate surface area is 83.7 Å². The number of benzene rings is 1. The lowest BCUT2D eigenvalue weighted by Gasteiger charge is -2.01. The minimum atomic E-state index is -0.343. The molecule has 76 valence electrons. The second kappa shape index (κ2) is 5.40. The summed E-state index contributed by atoms with van der Waals surface area (Å²) in [5, 5.41) is 8.30. The highest BCUT2D eigenvalue weighted by atomic mass is 16.5. The maximum Gasteiger partial charge on any atom is 0.243 e. The first-order valence-corrected chi connectivity index (χ1v) is 4.77. The molecule has 0 atom stereocenters. The molecule has 0 radical (unpaired) electrons. The first-order chi connectivity index (χ1) is 6.76. The normalized spacial score (nSPS) is 9.86. The number of carbonyl (C=O) groups excluding carboxylic acids is 1. The van der Waals surface area contributed by atoms with Crippen molar-refractivity contribution in [2.45, 2.75) is 26.2 Å². The van der Waals surface area contributed by atoms with Crippen LogP contribution in [-0.4, -0.2) is 11.1 Å². The van der Waals surface area contributed by atoms with Crippen LogP contribution in [0.15, 0.2) is 24.3 Å². The number of nitrogens with one attached hydrogen (secondary N) is 1. The molecule has 0 heterocycles. The van der Waals surface area contributed by atoms with Crippen LogP contribution in [-0.2, 0) is 17.6 Å². The second-order valence-electron chi connectivity index (χ2n) is 3.21. The predicted octanol–water partition coefficient (Wildman–Crippen LogP) is 1.69. The Morgan fingerprint density at radius 1 is 1.29 bits per heavy atom. The summed E-state index contributed by atoms with van der Waals surface area (Å²) in [6, 6.07) is 8.16. The van der Waals surface area contributed by atoms with E-state index in [1.165, 1.54) is 5.56 Å². The Hall–Kier alpha value is -1.35. The smallest absolute Gasteiger partial charge is 0.243 e. The van der Waals surface area contributed by atoms with Crippen LogP contribution in [0, 0.1) is 0 Å². The topological polar surface area (TPSA) is 49.3 Å². The SMILES string of the molecule is CCc1ccc(CCC(=O)NO)cc1. The van der Waals surface area contributed by atoms with Gasteiger partial charge in [-0.2, -0.15) is 0 Å². The standard InChI is InChI=1S/C11H15NO2/c1-2-9-3-5-10(6-4-9)7-8-11(13)12-14/h3-6,14H,2,7-8H2,1H3,(H,12,13). The predicted molar refractivity (Wildman–Crippen MR) is 54.1 cm³/mol. The van der Waals surface area contributed by atoms with Crippen LogP contribution in [0.25, 0.3) is 0 Å². The van der Waals surface area contributed by atoms with E-state index in [4.69, 9.17) is 5.21 Å². The summed E-state index contributed by atoms with van der Waals surface area (Å²) in [5.41, 5.74) is 4.03. The summed E-state index contributed by atoms with van der Waals surface area (Å²) in [6.07, 6.45) is 2.01. The first kappa shape index (κ1) is 10.7. The van der Waals surface area contributed by atoms with E-state index >= 15 is 0 Å². The van der Waals surface area contributed by atoms with Crippen LogP contribution in [0.1, 0.15) is 24.5 Å². The third-order valence-electron chi connectivity index (χ3n) is 2.20. The van der Waals surface area contributed by atoms with E-state index < -0.39 is 0 Å². The van der Waals surface area contributed by atoms with Gasteiger partial charge in [-0.15, -0.1) is 0 Å². The number of carbonyl (C=O) groups is 1. The lowest BCUT2D eigenvalue weighted by molar-refractivity contribution is -0.129. The Kier molecular flexibility index (Phi) is 4.13. The van der Waals surface area contributed by atoms with Gasteiger partial charge in [-0.25, -0.2) is 5.48 Å². The minimum absolute atomic E-state index is 0.321. The number of hydrogen-bond acceptors (Lipinski definition) is 2. The highest BCUT2D eigenvalue weighted by molar-refractivity contribution is 5.74. The highest BCUT2D eigenvalue weighted by Crippen LogP contribution is 2.06. The molecule has 0 bridgehead atoms. The molecule has 1 amide bonds. The number of aryl methyl sites for hydroxylation is 2. The lowest BCUT2D eigenvalue weighted by atomic mass is 10.1. The van der Waals surface area contributed by atoms with Gasteiger partial charge in [-0.3, -0.25) is 10.0 Å². The largest absolute Gasteiger partial charge is 0.289 e. The van der Waals surface area contributed by atoms with Gasteiger partial charge in [0.15, 0.2) is 0 Å². The van der Waals surface area contributed by atoms with Crippen molar-refractivity contribution in [3.05, 3.63) is 35.4 Å². The zero-order valence-corrected chi connectivity index (χ0v) is 8.29. The maximum atomic E-state index is 10.7. The molecule has 14 heavy (non-hydrogen) atoms. The fourth-order valence-electron chi connectivity index (χ4n) is 1.26. The van der Waals surface area contributed by atoms with Crippen LogP contribution in [0.5, 0.6) is 0 Å². The van der Waals surface area contributed by atoms with E-state index in [9.17, 15) is 4.79 Å². The third kappa shape index (κ3) is 3.18. The molecule has 0 fully saturated rings. The van der Waals surface area contributed by atoms with Crippen LogP contribution >= 0.6 is 0 Å². The molecule has 0 aliphatic carbocycles. The molecule has 3 nitrogen and oxygen atoms in total. The number of amides is 1. The second-order valence-corrected chi connectivity index (χ2v) is 3.21. The van der Waals surface area contributed by atoms with Crippen molar-refractivity contribution in [3.63, 3.8) is 0 Å². The average molecular weight is 193 g/mol. The van der Waals surface area contributed by atoms with Crippen molar-refractivity contribution in [1.29, 1.82) is 0 Å². The number of hydroxylamine groups is 1. The summed E-state index contributed by atoms with van der Waals surface area (Å²) in [5.74, 6) is -0.343. The molecule has 2 N–H and O–H groups in total. The molecule has 0 saturated heterocycles. The number of rotatable bonds is 4. The molecule has 0 aromatic heterocycles. The zero-order chi connectivity index (χ0) is 10.4. The molecule has 1 aromatic rings. The van der Waals surface area contributed by atoms with Crippen molar-refractivity contribution in [2.24, 2.45) is 0 Å². The summed E-state index contributed by atoms with van der Waals surface area (Å²) < 4.78 is 0. The van der Waals surface area contributed by atoms with Crippen LogP contribution in [0.2, 0.25) is 0 Å². The first-order valence-electron chi connectivity index (χ1n) is 4.77. The number of hydrogen-bond donors (Lipinski definition) is 2. The van der Waals surface area contributed by atoms with Crippen molar-refractivity contribution >= 4 is 5.91 Å². The quantitative estimate of drug-likeness (QED) is 0.564. The summed E-state index contributed by atoms with van der Waals surface area (Å²) in [4.78, 5) is 10.7. The van der Waals surface area contributed by atoms with Gasteiger partial charge in [0.05, 0.1) is 0 Å². The van der Waals surface area contributed by atoms with Crippen molar-refractivity contribution < 1.29 is 10.0 Å². The van der Waals surface area contributed by atoms with Crippen molar-refractivity contribution in [2.75, 3.05) is 0 Å². The van der Waals surface area contributed by atoms with E-state index in [2.05, 4.69) is 19.1 Å². The Morgan fingerprint density at radius 3 is 2.36 bits per heavy atom. The van der Waals surface area contributed by atoms with Gasteiger partial charge < -0.3 is 0 Å². The Morgan fingerprint density at radius 2 is 1.86 bits per heavy atom. The molecule has 0 spiro atoms.